The van der Waals surface area contributed by atoms with Crippen LogP contribution in [0.2, 0.25) is 10.0 Å². The molecular weight excluding hydrogens is 422 g/mol. The number of halogens is 3. The molecule has 1 amide bonds. The third-order valence-electron chi connectivity index (χ3n) is 4.03. The molecule has 142 valence electrons. The van der Waals surface area contributed by atoms with Crippen LogP contribution in [0.15, 0.2) is 54.0 Å². The van der Waals surface area contributed by atoms with Gasteiger partial charge in [0.25, 0.3) is 0 Å². The molecule has 2 aromatic carbocycles. The van der Waals surface area contributed by atoms with E-state index in [0.717, 1.165) is 21.9 Å². The van der Waals surface area contributed by atoms with Crippen molar-refractivity contribution in [3.8, 4) is 11.3 Å². The maximum atomic E-state index is 13.1. The van der Waals surface area contributed by atoms with Gasteiger partial charge in [-0.25, -0.2) is 9.37 Å². The SMILES string of the molecule is O=C(Cc1csc2nc(-c3ccc(F)cc3)cn12)NNc1ccc(Cl)cc1Cl. The molecule has 2 aromatic heterocycles. The molecule has 28 heavy (non-hydrogen) atoms. The van der Waals surface area contributed by atoms with Gasteiger partial charge in [-0.15, -0.1) is 11.3 Å². The van der Waals surface area contributed by atoms with Gasteiger partial charge >= 0.3 is 0 Å². The molecule has 0 bridgehead atoms. The van der Waals surface area contributed by atoms with Crippen molar-refractivity contribution in [1.29, 1.82) is 0 Å². The largest absolute Gasteiger partial charge is 0.297 e. The molecule has 4 rings (SSSR count). The number of hydrogen-bond acceptors (Lipinski definition) is 4. The van der Waals surface area contributed by atoms with Crippen molar-refractivity contribution in [2.75, 3.05) is 5.43 Å². The summed E-state index contributed by atoms with van der Waals surface area (Å²) in [7, 11) is 0. The third-order valence-corrected chi connectivity index (χ3v) is 5.47. The van der Waals surface area contributed by atoms with Gasteiger partial charge in [0.2, 0.25) is 5.91 Å². The first-order valence-electron chi connectivity index (χ1n) is 8.21. The van der Waals surface area contributed by atoms with E-state index in [-0.39, 0.29) is 18.1 Å². The minimum atomic E-state index is -0.296. The Balaban J connectivity index is 1.47. The van der Waals surface area contributed by atoms with Gasteiger partial charge in [-0.05, 0) is 42.5 Å². The van der Waals surface area contributed by atoms with Crippen LogP contribution in [-0.4, -0.2) is 15.3 Å². The molecule has 2 heterocycles. The Bertz CT molecular complexity index is 1160. The lowest BCUT2D eigenvalue weighted by Crippen LogP contribution is -2.31. The number of thiazole rings is 1. The Labute approximate surface area is 173 Å². The van der Waals surface area contributed by atoms with Crippen molar-refractivity contribution >= 4 is 51.1 Å². The number of anilines is 1. The molecule has 0 saturated heterocycles. The van der Waals surface area contributed by atoms with Gasteiger partial charge in [-0.3, -0.25) is 20.0 Å². The maximum absolute atomic E-state index is 13.1. The number of hydrazine groups is 1. The summed E-state index contributed by atoms with van der Waals surface area (Å²) in [5.41, 5.74) is 8.29. The van der Waals surface area contributed by atoms with Gasteiger partial charge in [0.1, 0.15) is 5.82 Å². The Hall–Kier alpha value is -2.61. The molecule has 5 nitrogen and oxygen atoms in total. The van der Waals surface area contributed by atoms with Crippen LogP contribution in [0.4, 0.5) is 10.1 Å². The predicted octanol–water partition coefficient (Wildman–Crippen LogP) is 5.19. The molecule has 0 saturated carbocycles. The lowest BCUT2D eigenvalue weighted by molar-refractivity contribution is -0.120. The normalized spacial score (nSPS) is 11.0. The number of aromatic nitrogens is 2. The summed E-state index contributed by atoms with van der Waals surface area (Å²) in [5.74, 6) is -0.529. The van der Waals surface area contributed by atoms with E-state index in [1.807, 2.05) is 16.0 Å². The summed E-state index contributed by atoms with van der Waals surface area (Å²) in [5, 5.41) is 2.80. The number of hydrogen-bond donors (Lipinski definition) is 2. The number of nitrogens with zero attached hydrogens (tertiary/aromatic N) is 2. The van der Waals surface area contributed by atoms with Gasteiger partial charge in [-0.1, -0.05) is 23.2 Å². The van der Waals surface area contributed by atoms with Crippen LogP contribution >= 0.6 is 34.5 Å². The topological polar surface area (TPSA) is 58.4 Å². The molecule has 0 spiro atoms. The number of imidazole rings is 1. The lowest BCUT2D eigenvalue weighted by Gasteiger charge is -2.10. The molecule has 0 radical (unpaired) electrons. The van der Waals surface area contributed by atoms with Crippen molar-refractivity contribution < 1.29 is 9.18 Å². The minimum Gasteiger partial charge on any atom is -0.297 e. The zero-order valence-electron chi connectivity index (χ0n) is 14.2. The minimum absolute atomic E-state index is 0.150. The second kappa shape index (κ2) is 7.79. The first-order chi connectivity index (χ1) is 13.5. The van der Waals surface area contributed by atoms with Crippen LogP contribution in [0, 0.1) is 5.82 Å². The lowest BCUT2D eigenvalue weighted by atomic mass is 10.2. The maximum Gasteiger partial charge on any atom is 0.244 e. The fraction of sp³-hybridized carbons (Fsp3) is 0.0526. The molecule has 0 fully saturated rings. The Morgan fingerprint density at radius 2 is 1.96 bits per heavy atom. The number of carbonyl (C=O) groups excluding carboxylic acids is 1. The van der Waals surface area contributed by atoms with E-state index < -0.39 is 0 Å². The van der Waals surface area contributed by atoms with E-state index in [0.29, 0.717) is 15.7 Å². The highest BCUT2D eigenvalue weighted by Gasteiger charge is 2.13. The average molecular weight is 435 g/mol. The van der Waals surface area contributed by atoms with Crippen molar-refractivity contribution in [3.63, 3.8) is 0 Å². The molecular formula is C19H13Cl2FN4OS. The van der Waals surface area contributed by atoms with E-state index in [4.69, 9.17) is 23.2 Å². The number of rotatable bonds is 5. The van der Waals surface area contributed by atoms with Crippen molar-refractivity contribution in [2.45, 2.75) is 6.42 Å². The zero-order valence-corrected chi connectivity index (χ0v) is 16.6. The van der Waals surface area contributed by atoms with E-state index >= 15 is 0 Å². The fourth-order valence-electron chi connectivity index (χ4n) is 2.65. The monoisotopic (exact) mass is 434 g/mol. The highest BCUT2D eigenvalue weighted by molar-refractivity contribution is 7.15. The van der Waals surface area contributed by atoms with Crippen molar-refractivity contribution in [1.82, 2.24) is 14.8 Å². The number of amides is 1. The van der Waals surface area contributed by atoms with Crippen LogP contribution < -0.4 is 10.9 Å². The molecule has 4 aromatic rings. The second-order valence-corrected chi connectivity index (χ2v) is 7.67. The van der Waals surface area contributed by atoms with Crippen LogP contribution in [0.1, 0.15) is 5.69 Å². The van der Waals surface area contributed by atoms with E-state index in [2.05, 4.69) is 15.8 Å². The fourth-order valence-corrected chi connectivity index (χ4v) is 3.98. The summed E-state index contributed by atoms with van der Waals surface area (Å²) in [6, 6.07) is 11.1. The highest BCUT2D eigenvalue weighted by Crippen LogP contribution is 2.25. The van der Waals surface area contributed by atoms with Crippen LogP contribution in [0.3, 0.4) is 0 Å². The average Bonchev–Trinajstić information content (AvgIpc) is 3.24. The Morgan fingerprint density at radius 3 is 2.71 bits per heavy atom. The number of carbonyl (C=O) groups is 1. The summed E-state index contributed by atoms with van der Waals surface area (Å²) in [6.07, 6.45) is 1.99. The molecule has 0 aliphatic rings. The molecule has 0 aliphatic carbocycles. The predicted molar refractivity (Wildman–Crippen MR) is 110 cm³/mol. The molecule has 0 unspecified atom stereocenters. The summed E-state index contributed by atoms with van der Waals surface area (Å²) in [4.78, 5) is 17.6. The highest BCUT2D eigenvalue weighted by atomic mass is 35.5. The quantitative estimate of drug-likeness (QED) is 0.424. The molecule has 0 aliphatic heterocycles. The van der Waals surface area contributed by atoms with E-state index in [1.165, 1.54) is 23.5 Å². The summed E-state index contributed by atoms with van der Waals surface area (Å²) < 4.78 is 15.0. The van der Waals surface area contributed by atoms with Gasteiger partial charge in [0.15, 0.2) is 4.96 Å². The van der Waals surface area contributed by atoms with Gasteiger partial charge in [0.05, 0.1) is 22.8 Å². The van der Waals surface area contributed by atoms with Crippen molar-refractivity contribution in [3.05, 3.63) is 75.6 Å². The Morgan fingerprint density at radius 1 is 1.18 bits per heavy atom. The second-order valence-electron chi connectivity index (χ2n) is 5.99. The first kappa shape index (κ1) is 18.7. The number of fused-ring (bicyclic) bond motifs is 1. The number of nitrogens with one attached hydrogen (secondary N) is 2. The van der Waals surface area contributed by atoms with Gasteiger partial charge in [-0.2, -0.15) is 0 Å². The zero-order chi connectivity index (χ0) is 19.7. The van der Waals surface area contributed by atoms with Crippen LogP contribution in [0.5, 0.6) is 0 Å². The molecule has 2 N–H and O–H groups in total. The van der Waals surface area contributed by atoms with Crippen molar-refractivity contribution in [2.24, 2.45) is 0 Å². The van der Waals surface area contributed by atoms with Crippen LogP contribution in [-0.2, 0) is 11.2 Å². The summed E-state index contributed by atoms with van der Waals surface area (Å²) >= 11 is 13.4. The third kappa shape index (κ3) is 3.96. The summed E-state index contributed by atoms with van der Waals surface area (Å²) in [6.45, 7) is 0. The van der Waals surface area contributed by atoms with Crippen LogP contribution in [0.25, 0.3) is 16.2 Å². The van der Waals surface area contributed by atoms with E-state index in [9.17, 15) is 9.18 Å². The van der Waals surface area contributed by atoms with Gasteiger partial charge < -0.3 is 0 Å². The standard InChI is InChI=1S/C19H13Cl2FN4OS/c20-12-3-6-16(15(21)7-12)24-25-18(27)8-14-10-28-19-23-17(9-26(14)19)11-1-4-13(22)5-2-11/h1-7,9-10,24H,8H2,(H,25,27). The molecule has 9 heteroatoms. The molecule has 0 atom stereocenters. The first-order valence-corrected chi connectivity index (χ1v) is 9.84. The number of benzene rings is 2. The van der Waals surface area contributed by atoms with E-state index in [1.54, 1.807) is 30.3 Å². The van der Waals surface area contributed by atoms with Gasteiger partial charge in [0, 0.05) is 27.9 Å². The smallest absolute Gasteiger partial charge is 0.244 e. The Kier molecular flexibility index (Phi) is 5.21.